The van der Waals surface area contributed by atoms with E-state index in [2.05, 4.69) is 12.2 Å². The minimum Gasteiger partial charge on any atom is -0.330 e. The van der Waals surface area contributed by atoms with Crippen LogP contribution in [0.3, 0.4) is 0 Å². The third-order valence-corrected chi connectivity index (χ3v) is 2.61. The largest absolute Gasteiger partial charge is 0.330 e. The van der Waals surface area contributed by atoms with Gasteiger partial charge in [0.2, 0.25) is 0 Å². The molecule has 0 fully saturated rings. The van der Waals surface area contributed by atoms with Crippen molar-refractivity contribution in [1.29, 1.82) is 0 Å². The molecule has 0 heterocycles. The first-order chi connectivity index (χ1) is 7.11. The van der Waals surface area contributed by atoms with Crippen LogP contribution in [0.15, 0.2) is 18.2 Å². The van der Waals surface area contributed by atoms with Crippen LogP contribution in [0.1, 0.15) is 18.9 Å². The average Bonchev–Trinajstić information content (AvgIpc) is 2.14. The topological polar surface area (TPSA) is 38.0 Å². The van der Waals surface area contributed by atoms with E-state index in [1.807, 2.05) is 12.1 Å². The van der Waals surface area contributed by atoms with Crippen molar-refractivity contribution in [3.05, 3.63) is 33.8 Å². The van der Waals surface area contributed by atoms with Crippen molar-refractivity contribution in [1.82, 2.24) is 5.32 Å². The second kappa shape index (κ2) is 6.33. The first kappa shape index (κ1) is 12.8. The molecule has 1 aromatic rings. The molecule has 1 atom stereocenters. The van der Waals surface area contributed by atoms with Crippen LogP contribution in [0.2, 0.25) is 10.0 Å². The maximum atomic E-state index is 5.89. The van der Waals surface area contributed by atoms with E-state index >= 15 is 0 Å². The molecule has 0 aliphatic heterocycles. The summed E-state index contributed by atoms with van der Waals surface area (Å²) in [6, 6.07) is 5.97. The van der Waals surface area contributed by atoms with Crippen LogP contribution in [0.5, 0.6) is 0 Å². The van der Waals surface area contributed by atoms with Crippen LogP contribution < -0.4 is 11.1 Å². The summed E-state index contributed by atoms with van der Waals surface area (Å²) in [6.45, 7) is 3.57. The fourth-order valence-electron chi connectivity index (χ4n) is 1.36. The quantitative estimate of drug-likeness (QED) is 0.839. The summed E-state index contributed by atoms with van der Waals surface area (Å²) in [7, 11) is 0. The van der Waals surface area contributed by atoms with Gasteiger partial charge < -0.3 is 11.1 Å². The zero-order chi connectivity index (χ0) is 11.3. The van der Waals surface area contributed by atoms with E-state index in [0.29, 0.717) is 22.6 Å². The van der Waals surface area contributed by atoms with Gasteiger partial charge in [-0.1, -0.05) is 23.2 Å². The lowest BCUT2D eigenvalue weighted by atomic mass is 10.2. The van der Waals surface area contributed by atoms with Gasteiger partial charge in [-0.15, -0.1) is 0 Å². The van der Waals surface area contributed by atoms with Gasteiger partial charge in [-0.2, -0.15) is 0 Å². The SMILES string of the molecule is CC(CCN)NCc1cc(Cl)cc(Cl)c1. The standard InChI is InChI=1S/C11H16Cl2N2/c1-8(2-3-14)15-7-9-4-10(12)6-11(13)5-9/h4-6,8,15H,2-3,7,14H2,1H3. The van der Waals surface area contributed by atoms with E-state index < -0.39 is 0 Å². The Bertz CT molecular complexity index is 295. The molecule has 0 aromatic heterocycles. The van der Waals surface area contributed by atoms with E-state index in [1.54, 1.807) is 6.07 Å². The van der Waals surface area contributed by atoms with Gasteiger partial charge in [0.1, 0.15) is 0 Å². The van der Waals surface area contributed by atoms with Crippen LogP contribution in [0.25, 0.3) is 0 Å². The van der Waals surface area contributed by atoms with E-state index in [4.69, 9.17) is 28.9 Å². The van der Waals surface area contributed by atoms with E-state index in [-0.39, 0.29) is 0 Å². The highest BCUT2D eigenvalue weighted by Gasteiger charge is 2.01. The fraction of sp³-hybridized carbons (Fsp3) is 0.455. The molecule has 84 valence electrons. The highest BCUT2D eigenvalue weighted by molar-refractivity contribution is 6.34. The zero-order valence-electron chi connectivity index (χ0n) is 8.76. The van der Waals surface area contributed by atoms with Gasteiger partial charge in [-0.25, -0.2) is 0 Å². The average molecular weight is 247 g/mol. The lowest BCUT2D eigenvalue weighted by molar-refractivity contribution is 0.520. The van der Waals surface area contributed by atoms with Gasteiger partial charge in [0, 0.05) is 22.6 Å². The summed E-state index contributed by atoms with van der Waals surface area (Å²) in [5.41, 5.74) is 6.56. The van der Waals surface area contributed by atoms with Crippen LogP contribution >= 0.6 is 23.2 Å². The van der Waals surface area contributed by atoms with Crippen molar-refractivity contribution in [2.75, 3.05) is 6.54 Å². The molecule has 0 bridgehead atoms. The molecule has 0 radical (unpaired) electrons. The van der Waals surface area contributed by atoms with Crippen molar-refractivity contribution in [2.45, 2.75) is 25.9 Å². The number of hydrogen-bond donors (Lipinski definition) is 2. The van der Waals surface area contributed by atoms with Crippen LogP contribution in [0, 0.1) is 0 Å². The second-order valence-electron chi connectivity index (χ2n) is 3.64. The predicted molar refractivity (Wildman–Crippen MR) is 66.4 cm³/mol. The van der Waals surface area contributed by atoms with E-state index in [0.717, 1.165) is 18.5 Å². The second-order valence-corrected chi connectivity index (χ2v) is 4.51. The van der Waals surface area contributed by atoms with Gasteiger partial charge in [-0.3, -0.25) is 0 Å². The molecule has 1 unspecified atom stereocenters. The Kier molecular flexibility index (Phi) is 5.40. The lowest BCUT2D eigenvalue weighted by Crippen LogP contribution is -2.27. The highest BCUT2D eigenvalue weighted by atomic mass is 35.5. The van der Waals surface area contributed by atoms with Gasteiger partial charge in [0.05, 0.1) is 0 Å². The summed E-state index contributed by atoms with van der Waals surface area (Å²) in [4.78, 5) is 0. The Morgan fingerprint density at radius 2 is 1.87 bits per heavy atom. The number of hydrogen-bond acceptors (Lipinski definition) is 2. The maximum absolute atomic E-state index is 5.89. The molecule has 1 rings (SSSR count). The van der Waals surface area contributed by atoms with Crippen LogP contribution in [0.4, 0.5) is 0 Å². The van der Waals surface area contributed by atoms with Crippen LogP contribution in [-0.2, 0) is 6.54 Å². The molecular formula is C11H16Cl2N2. The highest BCUT2D eigenvalue weighted by Crippen LogP contribution is 2.18. The van der Waals surface area contributed by atoms with E-state index in [1.165, 1.54) is 0 Å². The molecule has 3 N–H and O–H groups in total. The number of halogens is 2. The smallest absolute Gasteiger partial charge is 0.0424 e. The molecule has 2 nitrogen and oxygen atoms in total. The van der Waals surface area contributed by atoms with Crippen molar-refractivity contribution in [3.63, 3.8) is 0 Å². The number of nitrogens with one attached hydrogen (secondary N) is 1. The predicted octanol–water partition coefficient (Wildman–Crippen LogP) is 2.82. The van der Waals surface area contributed by atoms with Crippen molar-refractivity contribution in [3.8, 4) is 0 Å². The maximum Gasteiger partial charge on any atom is 0.0424 e. The summed E-state index contributed by atoms with van der Waals surface area (Å²) in [5.74, 6) is 0. The Balaban J connectivity index is 2.50. The monoisotopic (exact) mass is 246 g/mol. The Labute approximate surface area is 101 Å². The molecule has 4 heteroatoms. The van der Waals surface area contributed by atoms with E-state index in [9.17, 15) is 0 Å². The molecule has 0 aliphatic carbocycles. The van der Waals surface area contributed by atoms with Gasteiger partial charge >= 0.3 is 0 Å². The summed E-state index contributed by atoms with van der Waals surface area (Å²) in [6.07, 6.45) is 0.967. The van der Waals surface area contributed by atoms with Gasteiger partial charge in [0.25, 0.3) is 0 Å². The first-order valence-electron chi connectivity index (χ1n) is 5.00. The Morgan fingerprint density at radius 1 is 1.27 bits per heavy atom. The summed E-state index contributed by atoms with van der Waals surface area (Å²) < 4.78 is 0. The number of nitrogens with two attached hydrogens (primary N) is 1. The molecule has 0 aliphatic rings. The fourth-order valence-corrected chi connectivity index (χ4v) is 1.93. The van der Waals surface area contributed by atoms with Gasteiger partial charge in [-0.05, 0) is 43.7 Å². The molecule has 0 spiro atoms. The normalized spacial score (nSPS) is 12.8. The number of rotatable bonds is 5. The third-order valence-electron chi connectivity index (χ3n) is 2.18. The minimum atomic E-state index is 0.410. The molecule has 0 amide bonds. The first-order valence-corrected chi connectivity index (χ1v) is 5.76. The molecule has 0 saturated heterocycles. The minimum absolute atomic E-state index is 0.410. The Morgan fingerprint density at radius 3 is 2.40 bits per heavy atom. The molecule has 1 aromatic carbocycles. The summed E-state index contributed by atoms with van der Waals surface area (Å²) >= 11 is 11.8. The third kappa shape index (κ3) is 4.85. The summed E-state index contributed by atoms with van der Waals surface area (Å²) in [5, 5.41) is 4.70. The van der Waals surface area contributed by atoms with Crippen molar-refractivity contribution < 1.29 is 0 Å². The number of benzene rings is 1. The molecular weight excluding hydrogens is 231 g/mol. The molecule has 0 saturated carbocycles. The van der Waals surface area contributed by atoms with Gasteiger partial charge in [0.15, 0.2) is 0 Å². The van der Waals surface area contributed by atoms with Crippen molar-refractivity contribution in [2.24, 2.45) is 5.73 Å². The van der Waals surface area contributed by atoms with Crippen molar-refractivity contribution >= 4 is 23.2 Å². The lowest BCUT2D eigenvalue weighted by Gasteiger charge is -2.12. The van der Waals surface area contributed by atoms with Crippen LogP contribution in [-0.4, -0.2) is 12.6 Å². The molecule has 15 heavy (non-hydrogen) atoms. The zero-order valence-corrected chi connectivity index (χ0v) is 10.3. The Hall–Kier alpha value is -0.280.